The summed E-state index contributed by atoms with van der Waals surface area (Å²) >= 11 is 0. The summed E-state index contributed by atoms with van der Waals surface area (Å²) in [4.78, 5) is 9.17. The van der Waals surface area contributed by atoms with Crippen molar-refractivity contribution in [2.24, 2.45) is 5.73 Å². The Labute approximate surface area is 119 Å². The number of anilines is 1. The molecule has 2 aromatic heterocycles. The zero-order valence-corrected chi connectivity index (χ0v) is 12.0. The van der Waals surface area contributed by atoms with E-state index >= 15 is 0 Å². The number of piperazine rings is 1. The van der Waals surface area contributed by atoms with Gasteiger partial charge in [0.05, 0.1) is 0 Å². The second kappa shape index (κ2) is 5.76. The highest BCUT2D eigenvalue weighted by atomic mass is 15.4. The van der Waals surface area contributed by atoms with Crippen LogP contribution in [0.3, 0.4) is 0 Å². The summed E-state index contributed by atoms with van der Waals surface area (Å²) in [5.41, 5.74) is 7.73. The molecule has 0 amide bonds. The lowest BCUT2D eigenvalue weighted by molar-refractivity contribution is 0.255. The second-order valence-electron chi connectivity index (χ2n) is 5.39. The van der Waals surface area contributed by atoms with Gasteiger partial charge in [0.25, 0.3) is 0 Å². The van der Waals surface area contributed by atoms with Gasteiger partial charge in [-0.2, -0.15) is 9.61 Å². The molecule has 0 saturated carbocycles. The highest BCUT2D eigenvalue weighted by Gasteiger charge is 2.19. The fourth-order valence-corrected chi connectivity index (χ4v) is 2.78. The molecule has 1 aliphatic heterocycles. The third-order valence-corrected chi connectivity index (χ3v) is 3.88. The Hall–Kier alpha value is -1.66. The summed E-state index contributed by atoms with van der Waals surface area (Å²) in [6.07, 6.45) is 2.70. The standard InChI is InChI=1S/C14H22N6/c1-12-9-13-16-11-17-20(13)14(10-12)19-7-5-18(6-8-19)4-2-3-15/h9-11H,2-8,15H2,1H3. The Morgan fingerprint density at radius 3 is 2.75 bits per heavy atom. The van der Waals surface area contributed by atoms with Crippen LogP contribution in [0.15, 0.2) is 18.5 Å². The minimum absolute atomic E-state index is 0.775. The zero-order chi connectivity index (χ0) is 13.9. The highest BCUT2D eigenvalue weighted by Crippen LogP contribution is 2.19. The first-order valence-corrected chi connectivity index (χ1v) is 7.25. The topological polar surface area (TPSA) is 62.7 Å². The Morgan fingerprint density at radius 1 is 1.20 bits per heavy atom. The summed E-state index contributed by atoms with van der Waals surface area (Å²) in [5, 5.41) is 4.34. The molecule has 6 heteroatoms. The van der Waals surface area contributed by atoms with Gasteiger partial charge < -0.3 is 10.6 Å². The number of rotatable bonds is 4. The van der Waals surface area contributed by atoms with E-state index in [1.807, 2.05) is 4.52 Å². The van der Waals surface area contributed by atoms with Gasteiger partial charge in [0.15, 0.2) is 5.65 Å². The van der Waals surface area contributed by atoms with Crippen molar-refractivity contribution in [3.05, 3.63) is 24.0 Å². The van der Waals surface area contributed by atoms with Crippen LogP contribution in [0.1, 0.15) is 12.0 Å². The average Bonchev–Trinajstić information content (AvgIpc) is 2.93. The average molecular weight is 274 g/mol. The van der Waals surface area contributed by atoms with E-state index < -0.39 is 0 Å². The molecule has 0 spiro atoms. The molecule has 0 bridgehead atoms. The molecule has 0 radical (unpaired) electrons. The Morgan fingerprint density at radius 2 is 2.00 bits per heavy atom. The fraction of sp³-hybridized carbons (Fsp3) is 0.571. The minimum atomic E-state index is 0.775. The molecule has 2 aromatic rings. The zero-order valence-electron chi connectivity index (χ0n) is 12.0. The van der Waals surface area contributed by atoms with Crippen LogP contribution in [0.25, 0.3) is 5.65 Å². The van der Waals surface area contributed by atoms with E-state index in [9.17, 15) is 0 Å². The molecule has 2 N–H and O–H groups in total. The van der Waals surface area contributed by atoms with Crippen molar-refractivity contribution in [2.45, 2.75) is 13.3 Å². The molecule has 1 saturated heterocycles. The second-order valence-corrected chi connectivity index (χ2v) is 5.39. The molecule has 6 nitrogen and oxygen atoms in total. The monoisotopic (exact) mass is 274 g/mol. The van der Waals surface area contributed by atoms with Crippen molar-refractivity contribution in [1.29, 1.82) is 0 Å². The Balaban J connectivity index is 1.75. The van der Waals surface area contributed by atoms with Crippen molar-refractivity contribution in [2.75, 3.05) is 44.2 Å². The Bertz CT molecular complexity index is 570. The van der Waals surface area contributed by atoms with Crippen LogP contribution in [-0.4, -0.2) is 58.8 Å². The summed E-state index contributed by atoms with van der Waals surface area (Å²) in [5.74, 6) is 1.15. The first-order valence-electron chi connectivity index (χ1n) is 7.25. The van der Waals surface area contributed by atoms with Crippen LogP contribution < -0.4 is 10.6 Å². The first-order chi connectivity index (χ1) is 9.78. The van der Waals surface area contributed by atoms with Crippen LogP contribution in [0, 0.1) is 6.92 Å². The van der Waals surface area contributed by atoms with Crippen LogP contribution in [0.4, 0.5) is 5.82 Å². The van der Waals surface area contributed by atoms with Gasteiger partial charge in [0, 0.05) is 26.2 Å². The van der Waals surface area contributed by atoms with Gasteiger partial charge in [-0.05, 0) is 44.1 Å². The van der Waals surface area contributed by atoms with Crippen molar-refractivity contribution in [3.8, 4) is 0 Å². The predicted octanol–water partition coefficient (Wildman–Crippen LogP) is 0.509. The van der Waals surface area contributed by atoms with E-state index in [2.05, 4.69) is 38.9 Å². The number of hydrogen-bond acceptors (Lipinski definition) is 5. The molecule has 3 rings (SSSR count). The maximum Gasteiger partial charge on any atom is 0.157 e. The van der Waals surface area contributed by atoms with Gasteiger partial charge >= 0.3 is 0 Å². The lowest BCUT2D eigenvalue weighted by Crippen LogP contribution is -2.47. The van der Waals surface area contributed by atoms with E-state index in [0.29, 0.717) is 0 Å². The molecule has 0 aromatic carbocycles. The molecule has 3 heterocycles. The van der Waals surface area contributed by atoms with E-state index in [1.54, 1.807) is 6.33 Å². The third kappa shape index (κ3) is 2.62. The predicted molar refractivity (Wildman–Crippen MR) is 80.0 cm³/mol. The number of hydrogen-bond donors (Lipinski definition) is 1. The van der Waals surface area contributed by atoms with Gasteiger partial charge in [-0.15, -0.1) is 0 Å². The van der Waals surface area contributed by atoms with E-state index in [-0.39, 0.29) is 0 Å². The quantitative estimate of drug-likeness (QED) is 0.880. The summed E-state index contributed by atoms with van der Waals surface area (Å²) in [6.45, 7) is 8.23. The first kappa shape index (κ1) is 13.3. The Kier molecular flexibility index (Phi) is 3.84. The van der Waals surface area contributed by atoms with Gasteiger partial charge in [0.2, 0.25) is 0 Å². The smallest absolute Gasteiger partial charge is 0.157 e. The largest absolute Gasteiger partial charge is 0.354 e. The molecule has 1 aliphatic rings. The van der Waals surface area contributed by atoms with E-state index in [0.717, 1.165) is 57.2 Å². The number of aryl methyl sites for hydroxylation is 1. The molecule has 0 atom stereocenters. The summed E-state index contributed by atoms with van der Waals surface area (Å²) in [6, 6.07) is 4.26. The molecular formula is C14H22N6. The van der Waals surface area contributed by atoms with Gasteiger partial charge in [-0.1, -0.05) is 0 Å². The fourth-order valence-electron chi connectivity index (χ4n) is 2.78. The van der Waals surface area contributed by atoms with Crippen molar-refractivity contribution >= 4 is 11.5 Å². The summed E-state index contributed by atoms with van der Waals surface area (Å²) in [7, 11) is 0. The number of pyridine rings is 1. The lowest BCUT2D eigenvalue weighted by atomic mass is 10.2. The lowest BCUT2D eigenvalue weighted by Gasteiger charge is -2.36. The number of fused-ring (bicyclic) bond motifs is 1. The maximum absolute atomic E-state index is 5.58. The van der Waals surface area contributed by atoms with Crippen LogP contribution >= 0.6 is 0 Å². The maximum atomic E-state index is 5.58. The van der Waals surface area contributed by atoms with Crippen LogP contribution in [0.5, 0.6) is 0 Å². The summed E-state index contributed by atoms with van der Waals surface area (Å²) < 4.78 is 1.93. The molecule has 1 fully saturated rings. The number of aromatic nitrogens is 3. The van der Waals surface area contributed by atoms with Crippen molar-refractivity contribution in [1.82, 2.24) is 19.5 Å². The van der Waals surface area contributed by atoms with Crippen molar-refractivity contribution < 1.29 is 0 Å². The SMILES string of the molecule is Cc1cc(N2CCN(CCCN)CC2)n2ncnc2c1. The number of nitrogens with zero attached hydrogens (tertiary/aromatic N) is 5. The molecule has 20 heavy (non-hydrogen) atoms. The molecule has 0 aliphatic carbocycles. The molecular weight excluding hydrogens is 252 g/mol. The highest BCUT2D eigenvalue weighted by molar-refractivity contribution is 5.53. The molecule has 108 valence electrons. The third-order valence-electron chi connectivity index (χ3n) is 3.88. The number of nitrogens with two attached hydrogens (primary N) is 1. The van der Waals surface area contributed by atoms with E-state index in [1.165, 1.54) is 5.56 Å². The van der Waals surface area contributed by atoms with Gasteiger partial charge in [0.1, 0.15) is 12.1 Å². The van der Waals surface area contributed by atoms with Gasteiger partial charge in [-0.25, -0.2) is 4.98 Å². The molecule has 0 unspecified atom stereocenters. The van der Waals surface area contributed by atoms with Gasteiger partial charge in [-0.3, -0.25) is 4.90 Å². The normalized spacial score (nSPS) is 17.0. The van der Waals surface area contributed by atoms with Crippen molar-refractivity contribution in [3.63, 3.8) is 0 Å². The van der Waals surface area contributed by atoms with Crippen LogP contribution in [-0.2, 0) is 0 Å². The minimum Gasteiger partial charge on any atom is -0.354 e. The van der Waals surface area contributed by atoms with Crippen LogP contribution in [0.2, 0.25) is 0 Å². The van der Waals surface area contributed by atoms with E-state index in [4.69, 9.17) is 5.73 Å².